The van der Waals surface area contributed by atoms with Gasteiger partial charge in [-0.15, -0.1) is 0 Å². The zero-order valence-corrected chi connectivity index (χ0v) is 32.7. The number of sulfone groups is 1. The maximum atomic E-state index is 13.7. The van der Waals surface area contributed by atoms with Gasteiger partial charge in [-0.2, -0.15) is 0 Å². The lowest BCUT2D eigenvalue weighted by Crippen LogP contribution is -2.54. The minimum Gasteiger partial charge on any atom is -0.379 e. The summed E-state index contributed by atoms with van der Waals surface area (Å²) in [7, 11) is -3.42. The van der Waals surface area contributed by atoms with Gasteiger partial charge in [0.15, 0.2) is 21.4 Å². The fourth-order valence-electron chi connectivity index (χ4n) is 6.25. The molecule has 0 aromatic heterocycles. The summed E-state index contributed by atoms with van der Waals surface area (Å²) < 4.78 is 48.0. The third kappa shape index (κ3) is 17.4. The first-order chi connectivity index (χ1) is 20.7. The van der Waals surface area contributed by atoms with Gasteiger partial charge in [0.25, 0.3) is 0 Å². The van der Waals surface area contributed by atoms with E-state index in [0.29, 0.717) is 65.6 Å². The van der Waals surface area contributed by atoms with Gasteiger partial charge in [0, 0.05) is 25.1 Å². The second kappa shape index (κ2) is 18.7. The zero-order valence-electron chi connectivity index (χ0n) is 31.9. The Morgan fingerprint density at radius 3 is 1.54 bits per heavy atom. The maximum absolute atomic E-state index is 13.7. The minimum absolute atomic E-state index is 0.0187. The molecule has 0 unspecified atom stereocenters. The highest BCUT2D eigenvalue weighted by atomic mass is 32.2. The molecule has 0 saturated carbocycles. The Bertz CT molecular complexity index is 1030. The molecule has 0 spiro atoms. The lowest BCUT2D eigenvalue weighted by Gasteiger charge is -2.40. The van der Waals surface area contributed by atoms with Crippen molar-refractivity contribution in [1.82, 2.24) is 10.6 Å². The lowest BCUT2D eigenvalue weighted by molar-refractivity contribution is -0.134. The van der Waals surface area contributed by atoms with Crippen LogP contribution in [0.15, 0.2) is 0 Å². The third-order valence-electron chi connectivity index (χ3n) is 7.99. The van der Waals surface area contributed by atoms with Crippen LogP contribution in [0.2, 0.25) is 0 Å². The van der Waals surface area contributed by atoms with E-state index in [1.807, 2.05) is 76.2 Å². The number of rotatable bonds is 26. The van der Waals surface area contributed by atoms with E-state index in [0.717, 1.165) is 0 Å². The van der Waals surface area contributed by atoms with Crippen LogP contribution < -0.4 is 10.6 Å². The van der Waals surface area contributed by atoms with E-state index in [1.165, 1.54) is 0 Å². The second-order valence-corrected chi connectivity index (χ2v) is 19.4. The Morgan fingerprint density at radius 2 is 1.07 bits per heavy atom. The Labute approximate surface area is 282 Å². The number of nitrogens with one attached hydrogen (secondary N) is 2. The molecule has 0 amide bonds. The number of Topliss-reactive ketones (excluding diaryl/α,β-unsaturated/α-hetero) is 2. The number of ketones is 2. The van der Waals surface area contributed by atoms with Crippen molar-refractivity contribution in [1.29, 1.82) is 0 Å². The SMILES string of the molecule is CCOCCOCCNC(C)(C)C(=O)COCCOCCNC(C)(C)C(=O)C(C)(C)CC(C)(C)CS(=O)(=O)C(C)(C)CC(C)(C)C. The Morgan fingerprint density at radius 1 is 0.609 bits per heavy atom. The molecule has 46 heavy (non-hydrogen) atoms. The molecule has 10 nitrogen and oxygen atoms in total. The molecule has 0 aromatic rings. The topological polar surface area (TPSA) is 129 Å². The van der Waals surface area contributed by atoms with Gasteiger partial charge in [0.2, 0.25) is 0 Å². The van der Waals surface area contributed by atoms with Gasteiger partial charge in [-0.25, -0.2) is 8.42 Å². The maximum Gasteiger partial charge on any atom is 0.177 e. The fourth-order valence-corrected chi connectivity index (χ4v) is 8.42. The molecule has 11 heteroatoms. The summed E-state index contributed by atoms with van der Waals surface area (Å²) in [6.45, 7) is 31.0. The Hall–Kier alpha value is -0.950. The first kappa shape index (κ1) is 45.0. The number of hydrogen-bond acceptors (Lipinski definition) is 10. The molecule has 0 heterocycles. The van der Waals surface area contributed by atoms with Gasteiger partial charge in [0.1, 0.15) is 6.61 Å². The fraction of sp³-hybridized carbons (Fsp3) is 0.943. The van der Waals surface area contributed by atoms with Crippen LogP contribution >= 0.6 is 0 Å². The molecule has 0 fully saturated rings. The van der Waals surface area contributed by atoms with Crippen molar-refractivity contribution >= 4 is 21.4 Å². The zero-order chi connectivity index (χ0) is 36.1. The summed E-state index contributed by atoms with van der Waals surface area (Å²) in [5.41, 5.74) is -3.01. The molecule has 2 N–H and O–H groups in total. The van der Waals surface area contributed by atoms with Crippen molar-refractivity contribution in [2.75, 3.05) is 71.7 Å². The van der Waals surface area contributed by atoms with E-state index in [4.69, 9.17) is 18.9 Å². The highest BCUT2D eigenvalue weighted by Crippen LogP contribution is 2.41. The molecule has 0 aliphatic rings. The summed E-state index contributed by atoms with van der Waals surface area (Å²) in [5.74, 6) is -0.0108. The second-order valence-electron chi connectivity index (χ2n) is 16.8. The molecular weight excluding hydrogens is 608 g/mol. The summed E-state index contributed by atoms with van der Waals surface area (Å²) in [6, 6.07) is 0. The van der Waals surface area contributed by atoms with E-state index in [-0.39, 0.29) is 35.9 Å². The summed E-state index contributed by atoms with van der Waals surface area (Å²) >= 11 is 0. The van der Waals surface area contributed by atoms with Crippen LogP contribution in [-0.4, -0.2) is 108 Å². The van der Waals surface area contributed by atoms with Gasteiger partial charge < -0.3 is 29.6 Å². The van der Waals surface area contributed by atoms with Crippen molar-refractivity contribution in [3.05, 3.63) is 0 Å². The molecule has 0 bridgehead atoms. The largest absolute Gasteiger partial charge is 0.379 e. The minimum atomic E-state index is -3.42. The standard InChI is InChI=1S/C35H70N2O8S/c1-15-42-20-21-43-18-16-36-34(11,12)28(38)24-45-23-22-44-19-17-37-35(13,14)29(39)32(7,8)26-31(5,6)27-46(40,41)33(9,10)25-30(2,3)4/h36-37H,15-27H2,1-14H3. The highest BCUT2D eigenvalue weighted by Gasteiger charge is 2.46. The molecule has 0 aromatic carbocycles. The van der Waals surface area contributed by atoms with E-state index < -0.39 is 36.5 Å². The highest BCUT2D eigenvalue weighted by molar-refractivity contribution is 7.92. The third-order valence-corrected chi connectivity index (χ3v) is 11.0. The van der Waals surface area contributed by atoms with Gasteiger partial charge in [0.05, 0.1) is 61.2 Å². The van der Waals surface area contributed by atoms with Crippen molar-refractivity contribution in [2.45, 2.75) is 126 Å². The van der Waals surface area contributed by atoms with Crippen LogP contribution in [0.3, 0.4) is 0 Å². The molecule has 0 saturated heterocycles. The molecule has 0 radical (unpaired) electrons. The van der Waals surface area contributed by atoms with Crippen molar-refractivity contribution < 1.29 is 37.0 Å². The molecule has 274 valence electrons. The van der Waals surface area contributed by atoms with Crippen LogP contribution in [0, 0.1) is 16.2 Å². The van der Waals surface area contributed by atoms with Crippen LogP contribution in [0.1, 0.15) is 110 Å². The summed E-state index contributed by atoms with van der Waals surface area (Å²) in [6.07, 6.45) is 1.00. The van der Waals surface area contributed by atoms with Crippen LogP contribution in [0.5, 0.6) is 0 Å². The average molecular weight is 679 g/mol. The van der Waals surface area contributed by atoms with Crippen molar-refractivity contribution in [2.24, 2.45) is 16.2 Å². The smallest absolute Gasteiger partial charge is 0.177 e. The van der Waals surface area contributed by atoms with Gasteiger partial charge in [-0.3, -0.25) is 9.59 Å². The molecule has 0 rings (SSSR count). The average Bonchev–Trinajstić information content (AvgIpc) is 2.86. The predicted molar refractivity (Wildman–Crippen MR) is 187 cm³/mol. The number of ether oxygens (including phenoxy) is 4. The molecule has 0 atom stereocenters. The Kier molecular flexibility index (Phi) is 18.3. The van der Waals surface area contributed by atoms with Gasteiger partial charge in [-0.05, 0) is 72.1 Å². The molecular formula is C35H70N2O8S. The van der Waals surface area contributed by atoms with Gasteiger partial charge >= 0.3 is 0 Å². The lowest BCUT2D eigenvalue weighted by atomic mass is 9.69. The Balaban J connectivity index is 4.62. The first-order valence-corrected chi connectivity index (χ1v) is 18.5. The summed E-state index contributed by atoms with van der Waals surface area (Å²) in [5, 5.41) is 6.50. The first-order valence-electron chi connectivity index (χ1n) is 16.8. The van der Waals surface area contributed by atoms with Gasteiger partial charge in [-0.1, -0.05) is 48.5 Å². The number of carbonyl (C=O) groups excluding carboxylic acids is 2. The van der Waals surface area contributed by atoms with E-state index in [9.17, 15) is 18.0 Å². The van der Waals surface area contributed by atoms with Crippen molar-refractivity contribution in [3.8, 4) is 0 Å². The summed E-state index contributed by atoms with van der Waals surface area (Å²) in [4.78, 5) is 26.2. The number of hydrogen-bond donors (Lipinski definition) is 2. The number of carbonyl (C=O) groups is 2. The van der Waals surface area contributed by atoms with E-state index >= 15 is 0 Å². The normalized spacial score (nSPS) is 14.1. The van der Waals surface area contributed by atoms with Crippen LogP contribution in [0.25, 0.3) is 0 Å². The monoisotopic (exact) mass is 678 g/mol. The van der Waals surface area contributed by atoms with Crippen LogP contribution in [-0.2, 0) is 38.4 Å². The van der Waals surface area contributed by atoms with E-state index in [1.54, 1.807) is 0 Å². The molecule has 0 aliphatic carbocycles. The molecule has 0 aliphatic heterocycles. The quantitative estimate of drug-likeness (QED) is 0.120. The predicted octanol–water partition coefficient (Wildman–Crippen LogP) is 5.02. The van der Waals surface area contributed by atoms with Crippen molar-refractivity contribution in [3.63, 3.8) is 0 Å². The van der Waals surface area contributed by atoms with E-state index in [2.05, 4.69) is 31.4 Å². The van der Waals surface area contributed by atoms with Crippen LogP contribution in [0.4, 0.5) is 0 Å².